The molecule has 9 heteroatoms. The third-order valence-electron chi connectivity index (χ3n) is 4.50. The Morgan fingerprint density at radius 3 is 2.96 bits per heavy atom. The standard InChI is InChI=1S/C17H15Cl2N3O3S/c1-2-5-21-15(10-4-3-9(18)6-11(10)19)20-22(17(21)26)12-7-13(23)16-24-8-14(12)25-16/h2-4,6,12,14,16H,1,5,7-8H2/t12-,14+,16+/m1/s1. The average Bonchev–Trinajstić information content (AvgIpc) is 3.16. The maximum atomic E-state index is 12.1. The molecule has 2 fully saturated rings. The first-order valence-electron chi connectivity index (χ1n) is 8.05. The molecule has 3 atom stereocenters. The summed E-state index contributed by atoms with van der Waals surface area (Å²) < 4.78 is 15.0. The number of halogens is 2. The molecule has 136 valence electrons. The molecule has 0 saturated carbocycles. The zero-order valence-corrected chi connectivity index (χ0v) is 15.9. The Kier molecular flexibility index (Phi) is 4.75. The molecule has 0 N–H and O–H groups in total. The van der Waals surface area contributed by atoms with Crippen molar-refractivity contribution in [1.82, 2.24) is 14.3 Å². The highest BCUT2D eigenvalue weighted by Gasteiger charge is 2.45. The van der Waals surface area contributed by atoms with Crippen molar-refractivity contribution >= 4 is 41.2 Å². The summed E-state index contributed by atoms with van der Waals surface area (Å²) in [4.78, 5) is 12.1. The lowest BCUT2D eigenvalue weighted by molar-refractivity contribution is -0.156. The van der Waals surface area contributed by atoms with Gasteiger partial charge in [0, 0.05) is 23.6 Å². The van der Waals surface area contributed by atoms with E-state index in [2.05, 4.69) is 11.7 Å². The number of nitrogens with zero attached hydrogens (tertiary/aromatic N) is 3. The van der Waals surface area contributed by atoms with Gasteiger partial charge in [-0.05, 0) is 30.4 Å². The highest BCUT2D eigenvalue weighted by Crippen LogP contribution is 2.35. The zero-order valence-electron chi connectivity index (χ0n) is 13.6. The summed E-state index contributed by atoms with van der Waals surface area (Å²) in [5.74, 6) is 0.486. The van der Waals surface area contributed by atoms with Crippen LogP contribution in [0.5, 0.6) is 0 Å². The van der Waals surface area contributed by atoms with Crippen LogP contribution in [0.1, 0.15) is 12.5 Å². The molecule has 26 heavy (non-hydrogen) atoms. The SMILES string of the molecule is C=CCn1c(-c2ccc(Cl)cc2Cl)nn([C@@H]2CC(=O)[C@H]3OC[C@@H]2O3)c1=S. The molecular formula is C17H15Cl2N3O3S. The molecule has 0 amide bonds. The van der Waals surface area contributed by atoms with Crippen LogP contribution in [0.2, 0.25) is 10.0 Å². The lowest BCUT2D eigenvalue weighted by Crippen LogP contribution is -2.37. The molecular weight excluding hydrogens is 397 g/mol. The first-order valence-corrected chi connectivity index (χ1v) is 9.21. The maximum Gasteiger partial charge on any atom is 0.218 e. The number of allylic oxidation sites excluding steroid dienone is 1. The van der Waals surface area contributed by atoms with E-state index in [9.17, 15) is 4.79 Å². The number of ketones is 1. The quantitative estimate of drug-likeness (QED) is 0.565. The van der Waals surface area contributed by atoms with Crippen LogP contribution in [0, 0.1) is 4.77 Å². The van der Waals surface area contributed by atoms with Gasteiger partial charge in [-0.1, -0.05) is 29.3 Å². The highest BCUT2D eigenvalue weighted by atomic mass is 35.5. The number of hydrogen-bond acceptors (Lipinski definition) is 5. The van der Waals surface area contributed by atoms with Gasteiger partial charge in [0.05, 0.1) is 17.7 Å². The Morgan fingerprint density at radius 2 is 2.23 bits per heavy atom. The Morgan fingerprint density at radius 1 is 1.42 bits per heavy atom. The number of Topliss-reactive ketones (excluding diaryl/α,β-unsaturated/α-hetero) is 1. The zero-order chi connectivity index (χ0) is 18.4. The van der Waals surface area contributed by atoms with Gasteiger partial charge in [0.25, 0.3) is 0 Å². The van der Waals surface area contributed by atoms with Crippen molar-refractivity contribution in [2.75, 3.05) is 6.61 Å². The minimum atomic E-state index is -0.758. The van der Waals surface area contributed by atoms with E-state index in [1.807, 2.05) is 4.57 Å². The Bertz CT molecular complexity index is 955. The molecule has 4 rings (SSSR count). The van der Waals surface area contributed by atoms with E-state index >= 15 is 0 Å². The third kappa shape index (κ3) is 2.93. The summed E-state index contributed by atoms with van der Waals surface area (Å²) in [5, 5.41) is 5.68. The number of ether oxygens (including phenoxy) is 2. The second-order valence-electron chi connectivity index (χ2n) is 6.15. The van der Waals surface area contributed by atoms with E-state index in [-0.39, 0.29) is 24.3 Å². The number of carbonyl (C=O) groups excluding carboxylic acids is 1. The molecule has 6 nitrogen and oxygen atoms in total. The molecule has 1 aromatic carbocycles. The predicted molar refractivity (Wildman–Crippen MR) is 100.0 cm³/mol. The second-order valence-corrected chi connectivity index (χ2v) is 7.36. The van der Waals surface area contributed by atoms with Gasteiger partial charge in [-0.15, -0.1) is 6.58 Å². The molecule has 2 saturated heterocycles. The first-order chi connectivity index (χ1) is 12.5. The molecule has 2 aliphatic heterocycles. The molecule has 3 heterocycles. The molecule has 2 aromatic rings. The number of hydrogen-bond donors (Lipinski definition) is 0. The number of benzene rings is 1. The molecule has 0 spiro atoms. The molecule has 0 unspecified atom stereocenters. The van der Waals surface area contributed by atoms with Crippen LogP contribution in [-0.4, -0.2) is 39.1 Å². The summed E-state index contributed by atoms with van der Waals surface area (Å²) in [6, 6.07) is 4.88. The van der Waals surface area contributed by atoms with Crippen LogP contribution in [0.4, 0.5) is 0 Å². The summed E-state index contributed by atoms with van der Waals surface area (Å²) in [5.41, 5.74) is 0.700. The normalized spacial score (nSPS) is 24.8. The topological polar surface area (TPSA) is 58.3 Å². The number of aromatic nitrogens is 3. The lowest BCUT2D eigenvalue weighted by atomic mass is 10.0. The van der Waals surface area contributed by atoms with E-state index in [1.165, 1.54) is 0 Å². The van der Waals surface area contributed by atoms with E-state index in [4.69, 9.17) is 44.9 Å². The minimum absolute atomic E-state index is 0.102. The van der Waals surface area contributed by atoms with Gasteiger partial charge in [-0.3, -0.25) is 9.36 Å². The van der Waals surface area contributed by atoms with E-state index in [0.29, 0.717) is 39.4 Å². The maximum absolute atomic E-state index is 12.1. The van der Waals surface area contributed by atoms with Gasteiger partial charge in [-0.25, -0.2) is 4.68 Å². The minimum Gasteiger partial charge on any atom is -0.343 e. The van der Waals surface area contributed by atoms with Crippen LogP contribution in [0.15, 0.2) is 30.9 Å². The highest BCUT2D eigenvalue weighted by molar-refractivity contribution is 7.71. The van der Waals surface area contributed by atoms with Gasteiger partial charge in [0.1, 0.15) is 6.10 Å². The first kappa shape index (κ1) is 17.9. The summed E-state index contributed by atoms with van der Waals surface area (Å²) in [7, 11) is 0. The Balaban J connectivity index is 1.83. The van der Waals surface area contributed by atoms with E-state index < -0.39 is 6.29 Å². The molecule has 1 aromatic heterocycles. The van der Waals surface area contributed by atoms with Crippen molar-refractivity contribution < 1.29 is 14.3 Å². The molecule has 2 bridgehead atoms. The van der Waals surface area contributed by atoms with Crippen LogP contribution in [0.3, 0.4) is 0 Å². The smallest absolute Gasteiger partial charge is 0.218 e. The Labute approximate surface area is 164 Å². The van der Waals surface area contributed by atoms with Crippen LogP contribution in [-0.2, 0) is 20.8 Å². The number of fused-ring (bicyclic) bond motifs is 2. The van der Waals surface area contributed by atoms with Crippen molar-refractivity contribution in [3.63, 3.8) is 0 Å². The van der Waals surface area contributed by atoms with E-state index in [0.717, 1.165) is 0 Å². The third-order valence-corrected chi connectivity index (χ3v) is 5.45. The number of carbonyl (C=O) groups is 1. The second kappa shape index (κ2) is 6.90. The summed E-state index contributed by atoms with van der Waals surface area (Å²) in [6.45, 7) is 4.58. The van der Waals surface area contributed by atoms with Crippen molar-refractivity contribution in [1.29, 1.82) is 0 Å². The fraction of sp³-hybridized carbons (Fsp3) is 0.353. The fourth-order valence-electron chi connectivity index (χ4n) is 3.26. The Hall–Kier alpha value is -1.51. The van der Waals surface area contributed by atoms with Crippen molar-refractivity contribution in [3.8, 4) is 11.4 Å². The number of rotatable bonds is 4. The van der Waals surface area contributed by atoms with Gasteiger partial charge in [0.2, 0.25) is 6.29 Å². The van der Waals surface area contributed by atoms with Crippen LogP contribution >= 0.6 is 35.4 Å². The van der Waals surface area contributed by atoms with Crippen molar-refractivity contribution in [2.45, 2.75) is 31.4 Å². The molecule has 0 radical (unpaired) electrons. The van der Waals surface area contributed by atoms with Crippen LogP contribution in [0.25, 0.3) is 11.4 Å². The molecule has 0 aliphatic carbocycles. The fourth-order valence-corrected chi connectivity index (χ4v) is 4.09. The summed E-state index contributed by atoms with van der Waals surface area (Å²) >= 11 is 18.0. The van der Waals surface area contributed by atoms with Gasteiger partial charge >= 0.3 is 0 Å². The van der Waals surface area contributed by atoms with Crippen molar-refractivity contribution in [3.05, 3.63) is 45.7 Å². The van der Waals surface area contributed by atoms with E-state index in [1.54, 1.807) is 29.0 Å². The largest absolute Gasteiger partial charge is 0.343 e. The molecule has 2 aliphatic rings. The summed E-state index contributed by atoms with van der Waals surface area (Å²) in [6.07, 6.45) is 0.977. The monoisotopic (exact) mass is 411 g/mol. The van der Waals surface area contributed by atoms with Crippen LogP contribution < -0.4 is 0 Å². The van der Waals surface area contributed by atoms with Crippen molar-refractivity contribution in [2.24, 2.45) is 0 Å². The average molecular weight is 412 g/mol. The lowest BCUT2D eigenvalue weighted by Gasteiger charge is -2.26. The van der Waals surface area contributed by atoms with Gasteiger partial charge in [0.15, 0.2) is 16.4 Å². The van der Waals surface area contributed by atoms with Gasteiger partial charge in [-0.2, -0.15) is 5.10 Å². The predicted octanol–water partition coefficient (Wildman–Crippen LogP) is 3.83. The van der Waals surface area contributed by atoms with Gasteiger partial charge < -0.3 is 9.47 Å².